The number of rotatable bonds is 0. The van der Waals surface area contributed by atoms with Crippen molar-refractivity contribution in [3.8, 4) is 0 Å². The maximum atomic E-state index is 4.37. The van der Waals surface area contributed by atoms with Crippen molar-refractivity contribution in [1.82, 2.24) is 10.3 Å². The number of piperidine rings is 1. The maximum absolute atomic E-state index is 4.37. The number of benzene rings is 1. The van der Waals surface area contributed by atoms with Gasteiger partial charge >= 0.3 is 0 Å². The van der Waals surface area contributed by atoms with E-state index in [1.165, 1.54) is 33.3 Å². The van der Waals surface area contributed by atoms with Crippen molar-refractivity contribution in [3.05, 3.63) is 53.8 Å². The number of hydrogen-bond donors (Lipinski definition) is 2. The summed E-state index contributed by atoms with van der Waals surface area (Å²) >= 11 is 0. The molecular weight excluding hydrogens is 232 g/mol. The molecule has 1 aliphatic heterocycles. The second kappa shape index (κ2) is 3.84. The highest BCUT2D eigenvalue weighted by atomic mass is 15.0. The molecule has 2 atom stereocenters. The zero-order valence-corrected chi connectivity index (χ0v) is 11.2. The molecule has 2 heterocycles. The molecule has 2 heteroatoms. The summed E-state index contributed by atoms with van der Waals surface area (Å²) in [4.78, 5) is 3.57. The largest absolute Gasteiger partial charge is 0.354 e. The van der Waals surface area contributed by atoms with Crippen molar-refractivity contribution in [3.63, 3.8) is 0 Å². The van der Waals surface area contributed by atoms with Crippen LogP contribution < -0.4 is 5.32 Å². The molecule has 0 radical (unpaired) electrons. The summed E-state index contributed by atoms with van der Waals surface area (Å²) in [5.41, 5.74) is 6.63. The van der Waals surface area contributed by atoms with E-state index in [9.17, 15) is 0 Å². The molecule has 2 unspecified atom stereocenters. The fourth-order valence-electron chi connectivity index (χ4n) is 3.76. The van der Waals surface area contributed by atoms with E-state index >= 15 is 0 Å². The van der Waals surface area contributed by atoms with Crippen LogP contribution in [0.25, 0.3) is 16.5 Å². The quantitative estimate of drug-likeness (QED) is 0.684. The van der Waals surface area contributed by atoms with E-state index in [1.807, 2.05) is 0 Å². The number of allylic oxidation sites excluding steroid dienone is 2. The maximum Gasteiger partial charge on any atom is 0.0569 e. The number of aromatic nitrogens is 1. The van der Waals surface area contributed by atoms with Crippen LogP contribution in [0.3, 0.4) is 0 Å². The lowest BCUT2D eigenvalue weighted by Gasteiger charge is -2.39. The summed E-state index contributed by atoms with van der Waals surface area (Å²) in [6.07, 6.45) is 3.43. The zero-order valence-electron chi connectivity index (χ0n) is 11.2. The molecule has 4 rings (SSSR count). The van der Waals surface area contributed by atoms with Crippen LogP contribution in [0.5, 0.6) is 0 Å². The van der Waals surface area contributed by atoms with E-state index in [-0.39, 0.29) is 0 Å². The van der Waals surface area contributed by atoms with Crippen LogP contribution in [0.2, 0.25) is 0 Å². The second-order valence-electron chi connectivity index (χ2n) is 5.50. The van der Waals surface area contributed by atoms with Crippen molar-refractivity contribution in [2.45, 2.75) is 19.4 Å². The molecule has 2 aliphatic rings. The predicted molar refractivity (Wildman–Crippen MR) is 79.9 cm³/mol. The van der Waals surface area contributed by atoms with Gasteiger partial charge in [0.05, 0.1) is 6.04 Å². The smallest absolute Gasteiger partial charge is 0.0569 e. The summed E-state index contributed by atoms with van der Waals surface area (Å²) in [5.74, 6) is 0.511. The number of para-hydroxylation sites is 1. The first-order chi connectivity index (χ1) is 9.31. The fourth-order valence-corrected chi connectivity index (χ4v) is 3.76. The lowest BCUT2D eigenvalue weighted by Crippen LogP contribution is -2.37. The molecule has 0 saturated carbocycles. The second-order valence-corrected chi connectivity index (χ2v) is 5.50. The van der Waals surface area contributed by atoms with Gasteiger partial charge in [-0.25, -0.2) is 0 Å². The minimum atomic E-state index is 0.361. The van der Waals surface area contributed by atoms with Gasteiger partial charge in [-0.3, -0.25) is 0 Å². The van der Waals surface area contributed by atoms with Crippen molar-refractivity contribution in [1.29, 1.82) is 0 Å². The van der Waals surface area contributed by atoms with Crippen LogP contribution in [0.15, 0.2) is 42.5 Å². The van der Waals surface area contributed by atoms with Crippen LogP contribution in [0.1, 0.15) is 30.6 Å². The molecule has 1 aliphatic carbocycles. The van der Waals surface area contributed by atoms with Gasteiger partial charge in [-0.2, -0.15) is 0 Å². The van der Waals surface area contributed by atoms with Gasteiger partial charge < -0.3 is 10.3 Å². The Morgan fingerprint density at radius 3 is 3.00 bits per heavy atom. The van der Waals surface area contributed by atoms with E-state index in [4.69, 9.17) is 0 Å². The highest BCUT2D eigenvalue weighted by Gasteiger charge is 2.38. The summed E-state index contributed by atoms with van der Waals surface area (Å²) in [6, 6.07) is 8.93. The Morgan fingerprint density at radius 1 is 1.32 bits per heavy atom. The number of nitrogens with one attached hydrogen (secondary N) is 2. The first-order valence-electron chi connectivity index (χ1n) is 7.00. The van der Waals surface area contributed by atoms with Gasteiger partial charge in [-0.1, -0.05) is 30.9 Å². The van der Waals surface area contributed by atoms with E-state index in [0.29, 0.717) is 12.0 Å². The SMILES string of the molecule is C=C1c2[nH]c3ccccc3c2C2NCCC1C2=CC. The number of H-pyrrole nitrogens is 1. The molecule has 2 bridgehead atoms. The van der Waals surface area contributed by atoms with Crippen LogP contribution >= 0.6 is 0 Å². The van der Waals surface area contributed by atoms with Crippen molar-refractivity contribution >= 4 is 16.5 Å². The molecule has 0 spiro atoms. The first-order valence-corrected chi connectivity index (χ1v) is 7.00. The van der Waals surface area contributed by atoms with Gasteiger partial charge in [0.15, 0.2) is 0 Å². The minimum Gasteiger partial charge on any atom is -0.354 e. The van der Waals surface area contributed by atoms with Crippen LogP contribution in [0, 0.1) is 5.92 Å². The summed E-state index contributed by atoms with van der Waals surface area (Å²) in [7, 11) is 0. The minimum absolute atomic E-state index is 0.361. The predicted octanol–water partition coefficient (Wildman–Crippen LogP) is 3.79. The molecule has 0 amide bonds. The Kier molecular flexibility index (Phi) is 2.24. The summed E-state index contributed by atoms with van der Waals surface area (Å²) in [5, 5.41) is 5.01. The van der Waals surface area contributed by atoms with Crippen LogP contribution in [-0.2, 0) is 0 Å². The van der Waals surface area contributed by atoms with Crippen LogP contribution in [0.4, 0.5) is 0 Å². The molecule has 96 valence electrons. The molecule has 19 heavy (non-hydrogen) atoms. The Morgan fingerprint density at radius 2 is 2.16 bits per heavy atom. The monoisotopic (exact) mass is 250 g/mol. The molecule has 1 aromatic carbocycles. The van der Waals surface area contributed by atoms with Crippen molar-refractivity contribution in [2.24, 2.45) is 5.92 Å². The van der Waals surface area contributed by atoms with Gasteiger partial charge in [-0.05, 0) is 37.1 Å². The lowest BCUT2D eigenvalue weighted by molar-refractivity contribution is 0.445. The third-order valence-electron chi connectivity index (χ3n) is 4.63. The molecule has 2 nitrogen and oxygen atoms in total. The highest BCUT2D eigenvalue weighted by molar-refractivity contribution is 5.92. The average molecular weight is 250 g/mol. The van der Waals surface area contributed by atoms with E-state index in [0.717, 1.165) is 13.0 Å². The Hall–Kier alpha value is -1.80. The van der Waals surface area contributed by atoms with E-state index in [2.05, 4.69) is 54.1 Å². The van der Waals surface area contributed by atoms with E-state index in [1.54, 1.807) is 0 Å². The average Bonchev–Trinajstić information content (AvgIpc) is 2.83. The normalized spacial score (nSPS) is 27.8. The third kappa shape index (κ3) is 1.35. The standard InChI is InChI=1S/C17H18N2/c1-3-11-12-8-9-18-17(11)15-13-6-4-5-7-14(13)19-16(15)10(12)2/h3-7,12,17-19H,2,8-9H2,1H3. The first kappa shape index (κ1) is 11.1. The van der Waals surface area contributed by atoms with Gasteiger partial charge in [0.25, 0.3) is 0 Å². The van der Waals surface area contributed by atoms with Gasteiger partial charge in [-0.15, -0.1) is 0 Å². The van der Waals surface area contributed by atoms with Crippen LogP contribution in [-0.4, -0.2) is 11.5 Å². The number of aromatic amines is 1. The molecule has 1 fully saturated rings. The van der Waals surface area contributed by atoms with Crippen molar-refractivity contribution < 1.29 is 0 Å². The molecular formula is C17H18N2. The Labute approximate surface area is 113 Å². The van der Waals surface area contributed by atoms with Crippen molar-refractivity contribution in [2.75, 3.05) is 6.54 Å². The molecule has 1 saturated heterocycles. The Bertz CT molecular complexity index is 705. The third-order valence-corrected chi connectivity index (χ3v) is 4.63. The topological polar surface area (TPSA) is 27.8 Å². The number of hydrogen-bond acceptors (Lipinski definition) is 1. The lowest BCUT2D eigenvalue weighted by atomic mass is 9.72. The molecule has 2 N–H and O–H groups in total. The zero-order chi connectivity index (χ0) is 13.0. The summed E-state index contributed by atoms with van der Waals surface area (Å²) < 4.78 is 0. The van der Waals surface area contributed by atoms with Gasteiger partial charge in [0, 0.05) is 28.1 Å². The number of fused-ring (bicyclic) bond motifs is 6. The fraction of sp³-hybridized carbons (Fsp3) is 0.294. The highest BCUT2D eigenvalue weighted by Crippen LogP contribution is 2.49. The summed E-state index contributed by atoms with van der Waals surface area (Å²) in [6.45, 7) is 7.59. The molecule has 1 aromatic heterocycles. The van der Waals surface area contributed by atoms with E-state index < -0.39 is 0 Å². The van der Waals surface area contributed by atoms with Gasteiger partial charge in [0.1, 0.15) is 0 Å². The molecule has 2 aromatic rings. The Balaban J connectivity index is 2.07. The van der Waals surface area contributed by atoms with Gasteiger partial charge in [0.2, 0.25) is 0 Å².